The lowest BCUT2D eigenvalue weighted by Crippen LogP contribution is -2.35. The van der Waals surface area contributed by atoms with E-state index in [0.717, 1.165) is 25.7 Å². The standard InChI is InChI=1S/C11H19ClN4O/c12-11-10(13)7-15-16(11)9-3-1-8(2-4-9)14-5-6-17/h7-9,14,17H,1-6,13H2. The van der Waals surface area contributed by atoms with Gasteiger partial charge in [0.25, 0.3) is 0 Å². The molecule has 1 fully saturated rings. The summed E-state index contributed by atoms with van der Waals surface area (Å²) in [5, 5.41) is 16.9. The normalized spacial score (nSPS) is 25.1. The zero-order chi connectivity index (χ0) is 12.3. The van der Waals surface area contributed by atoms with Gasteiger partial charge in [0.2, 0.25) is 0 Å². The van der Waals surface area contributed by atoms with Crippen molar-refractivity contribution in [2.75, 3.05) is 18.9 Å². The molecule has 1 aliphatic rings. The average molecular weight is 259 g/mol. The van der Waals surface area contributed by atoms with Crippen molar-refractivity contribution in [3.05, 3.63) is 11.3 Å². The van der Waals surface area contributed by atoms with Crippen molar-refractivity contribution in [3.63, 3.8) is 0 Å². The number of hydrogen-bond donors (Lipinski definition) is 3. The Morgan fingerprint density at radius 3 is 2.71 bits per heavy atom. The Hall–Kier alpha value is -0.780. The third kappa shape index (κ3) is 2.91. The molecule has 1 heterocycles. The van der Waals surface area contributed by atoms with Crippen molar-refractivity contribution in [3.8, 4) is 0 Å². The summed E-state index contributed by atoms with van der Waals surface area (Å²) < 4.78 is 1.83. The van der Waals surface area contributed by atoms with Crippen LogP contribution in [0, 0.1) is 0 Å². The number of aliphatic hydroxyl groups excluding tert-OH is 1. The molecule has 0 unspecified atom stereocenters. The molecule has 1 saturated carbocycles. The van der Waals surface area contributed by atoms with E-state index in [1.807, 2.05) is 4.68 Å². The quantitative estimate of drug-likeness (QED) is 0.758. The molecule has 1 aliphatic carbocycles. The fourth-order valence-electron chi connectivity index (χ4n) is 2.41. The van der Waals surface area contributed by atoms with Crippen LogP contribution in [0.3, 0.4) is 0 Å². The molecule has 96 valence electrons. The molecular formula is C11H19ClN4O. The van der Waals surface area contributed by atoms with Crippen LogP contribution in [0.4, 0.5) is 5.69 Å². The number of halogens is 1. The van der Waals surface area contributed by atoms with Crippen LogP contribution in [0.25, 0.3) is 0 Å². The van der Waals surface area contributed by atoms with Gasteiger partial charge in [0.15, 0.2) is 0 Å². The first kappa shape index (κ1) is 12.7. The van der Waals surface area contributed by atoms with Gasteiger partial charge in [-0.15, -0.1) is 0 Å². The Morgan fingerprint density at radius 2 is 2.18 bits per heavy atom. The van der Waals surface area contributed by atoms with Crippen molar-refractivity contribution in [1.29, 1.82) is 0 Å². The molecule has 5 nitrogen and oxygen atoms in total. The zero-order valence-electron chi connectivity index (χ0n) is 9.77. The number of hydrogen-bond acceptors (Lipinski definition) is 4. The van der Waals surface area contributed by atoms with Gasteiger partial charge >= 0.3 is 0 Å². The Kier molecular flexibility index (Phi) is 4.25. The van der Waals surface area contributed by atoms with E-state index >= 15 is 0 Å². The van der Waals surface area contributed by atoms with Crippen LogP contribution in [0.1, 0.15) is 31.7 Å². The fourth-order valence-corrected chi connectivity index (χ4v) is 2.64. The van der Waals surface area contributed by atoms with E-state index in [1.54, 1.807) is 6.20 Å². The molecule has 0 aliphatic heterocycles. The summed E-state index contributed by atoms with van der Waals surface area (Å²) in [5.74, 6) is 0. The van der Waals surface area contributed by atoms with E-state index < -0.39 is 0 Å². The van der Waals surface area contributed by atoms with Crippen molar-refractivity contribution in [1.82, 2.24) is 15.1 Å². The summed E-state index contributed by atoms with van der Waals surface area (Å²) in [6, 6.07) is 0.858. The van der Waals surface area contributed by atoms with Crippen LogP contribution < -0.4 is 11.1 Å². The second-order valence-corrected chi connectivity index (χ2v) is 4.88. The second kappa shape index (κ2) is 5.71. The minimum absolute atomic E-state index is 0.196. The van der Waals surface area contributed by atoms with Gasteiger partial charge in [0, 0.05) is 12.6 Å². The average Bonchev–Trinajstić information content (AvgIpc) is 2.68. The molecule has 6 heteroatoms. The molecule has 0 amide bonds. The monoisotopic (exact) mass is 258 g/mol. The molecule has 0 bridgehead atoms. The highest BCUT2D eigenvalue weighted by Crippen LogP contribution is 2.32. The highest BCUT2D eigenvalue weighted by molar-refractivity contribution is 6.32. The number of rotatable bonds is 4. The van der Waals surface area contributed by atoms with E-state index in [2.05, 4.69) is 10.4 Å². The van der Waals surface area contributed by atoms with E-state index in [9.17, 15) is 0 Å². The number of aliphatic hydroxyl groups is 1. The van der Waals surface area contributed by atoms with Gasteiger partial charge in [0.05, 0.1) is 24.5 Å². The number of nitrogens with one attached hydrogen (secondary N) is 1. The lowest BCUT2D eigenvalue weighted by atomic mass is 9.91. The maximum absolute atomic E-state index is 8.76. The smallest absolute Gasteiger partial charge is 0.150 e. The third-order valence-corrected chi connectivity index (χ3v) is 3.74. The molecule has 0 aromatic carbocycles. The molecule has 1 aromatic heterocycles. The summed E-state index contributed by atoms with van der Waals surface area (Å²) in [7, 11) is 0. The maximum atomic E-state index is 8.76. The van der Waals surface area contributed by atoms with Crippen molar-refractivity contribution < 1.29 is 5.11 Å². The lowest BCUT2D eigenvalue weighted by molar-refractivity contribution is 0.247. The van der Waals surface area contributed by atoms with Crippen molar-refractivity contribution >= 4 is 17.3 Å². The molecular weight excluding hydrogens is 240 g/mol. The van der Waals surface area contributed by atoms with Gasteiger partial charge in [-0.05, 0) is 25.7 Å². The van der Waals surface area contributed by atoms with Crippen LogP contribution in [0.15, 0.2) is 6.20 Å². The summed E-state index contributed by atoms with van der Waals surface area (Å²) in [6.07, 6.45) is 5.87. The van der Waals surface area contributed by atoms with Gasteiger partial charge < -0.3 is 16.2 Å². The van der Waals surface area contributed by atoms with E-state index in [-0.39, 0.29) is 6.61 Å². The summed E-state index contributed by atoms with van der Waals surface area (Å²) >= 11 is 6.09. The largest absolute Gasteiger partial charge is 0.395 e. The van der Waals surface area contributed by atoms with Crippen LogP contribution >= 0.6 is 11.6 Å². The Balaban J connectivity index is 1.89. The number of nitrogens with two attached hydrogens (primary N) is 1. The first-order chi connectivity index (χ1) is 8.22. The highest BCUT2D eigenvalue weighted by Gasteiger charge is 2.24. The lowest BCUT2D eigenvalue weighted by Gasteiger charge is -2.29. The summed E-state index contributed by atoms with van der Waals surface area (Å²) in [4.78, 5) is 0. The van der Waals surface area contributed by atoms with Crippen molar-refractivity contribution in [2.24, 2.45) is 0 Å². The topological polar surface area (TPSA) is 76.1 Å². The number of nitrogen functional groups attached to an aromatic ring is 1. The van der Waals surface area contributed by atoms with Gasteiger partial charge in [-0.3, -0.25) is 0 Å². The van der Waals surface area contributed by atoms with Crippen molar-refractivity contribution in [2.45, 2.75) is 37.8 Å². The number of anilines is 1. The SMILES string of the molecule is Nc1cnn(C2CCC(NCCO)CC2)c1Cl. The summed E-state index contributed by atoms with van der Waals surface area (Å²) in [5.41, 5.74) is 6.23. The van der Waals surface area contributed by atoms with Gasteiger partial charge in [-0.2, -0.15) is 5.10 Å². The van der Waals surface area contributed by atoms with E-state index in [0.29, 0.717) is 29.5 Å². The first-order valence-electron chi connectivity index (χ1n) is 6.05. The molecule has 17 heavy (non-hydrogen) atoms. The predicted octanol–water partition coefficient (Wildman–Crippen LogP) is 1.18. The molecule has 0 atom stereocenters. The van der Waals surface area contributed by atoms with E-state index in [4.69, 9.17) is 22.4 Å². The van der Waals surface area contributed by atoms with Crippen LogP contribution in [-0.2, 0) is 0 Å². The zero-order valence-corrected chi connectivity index (χ0v) is 10.5. The fraction of sp³-hybridized carbons (Fsp3) is 0.727. The van der Waals surface area contributed by atoms with Crippen LogP contribution in [0.5, 0.6) is 0 Å². The molecule has 0 radical (unpaired) electrons. The Labute approximate surface area is 106 Å². The van der Waals surface area contributed by atoms with Crippen LogP contribution in [-0.4, -0.2) is 34.1 Å². The number of nitrogens with zero attached hydrogens (tertiary/aromatic N) is 2. The first-order valence-corrected chi connectivity index (χ1v) is 6.43. The molecule has 0 spiro atoms. The third-order valence-electron chi connectivity index (χ3n) is 3.35. The minimum atomic E-state index is 0.196. The second-order valence-electron chi connectivity index (χ2n) is 4.52. The molecule has 1 aromatic rings. The minimum Gasteiger partial charge on any atom is -0.395 e. The Bertz CT molecular complexity index is 360. The van der Waals surface area contributed by atoms with Gasteiger partial charge in [0.1, 0.15) is 5.15 Å². The van der Waals surface area contributed by atoms with E-state index in [1.165, 1.54) is 0 Å². The summed E-state index contributed by atoms with van der Waals surface area (Å²) in [6.45, 7) is 0.867. The number of aromatic nitrogens is 2. The van der Waals surface area contributed by atoms with Crippen LogP contribution in [0.2, 0.25) is 5.15 Å². The van der Waals surface area contributed by atoms with Gasteiger partial charge in [-0.25, -0.2) is 4.68 Å². The highest BCUT2D eigenvalue weighted by atomic mass is 35.5. The predicted molar refractivity (Wildman–Crippen MR) is 68.0 cm³/mol. The molecule has 4 N–H and O–H groups in total. The molecule has 2 rings (SSSR count). The maximum Gasteiger partial charge on any atom is 0.150 e. The Morgan fingerprint density at radius 1 is 1.47 bits per heavy atom. The van der Waals surface area contributed by atoms with Gasteiger partial charge in [-0.1, -0.05) is 11.6 Å². The molecule has 0 saturated heterocycles.